The van der Waals surface area contributed by atoms with Crippen LogP contribution < -0.4 is 9.47 Å². The Bertz CT molecular complexity index is 1770. The lowest BCUT2D eigenvalue weighted by atomic mass is 9.93. The normalized spacial score (nSPS) is 15.1. The minimum Gasteiger partial charge on any atom is -0.507 e. The fourth-order valence-electron chi connectivity index (χ4n) is 5.94. The number of ether oxygens (including phenoxy) is 2. The lowest BCUT2D eigenvalue weighted by Crippen LogP contribution is -2.08. The van der Waals surface area contributed by atoms with Crippen LogP contribution in [0.5, 0.6) is 23.0 Å². The molecular weight excluding hydrogens is 936 g/mol. The van der Waals surface area contributed by atoms with E-state index >= 15 is 0 Å². The van der Waals surface area contributed by atoms with Crippen LogP contribution in [0.25, 0.3) is 0 Å². The van der Waals surface area contributed by atoms with E-state index < -0.39 is 0 Å². The first-order chi connectivity index (χ1) is 23.6. The van der Waals surface area contributed by atoms with Gasteiger partial charge in [0.1, 0.15) is 23.0 Å². The number of halogens is 4. The number of phenolic OH excluding ortho intramolecular Hbond substituents is 2. The van der Waals surface area contributed by atoms with Crippen LogP contribution in [-0.4, -0.2) is 57.9 Å². The summed E-state index contributed by atoms with van der Waals surface area (Å²) in [6.45, 7) is 5.27. The zero-order valence-electron chi connectivity index (χ0n) is 27.6. The Morgan fingerprint density at radius 2 is 0.980 bits per heavy atom. The molecule has 0 unspecified atom stereocenters. The lowest BCUT2D eigenvalue weighted by Gasteiger charge is -2.20. The van der Waals surface area contributed by atoms with E-state index in [0.717, 1.165) is 115 Å². The van der Waals surface area contributed by atoms with Gasteiger partial charge in [-0.15, -0.1) is 0 Å². The maximum Gasteiger partial charge on any atom is 0.126 e. The van der Waals surface area contributed by atoms with Crippen LogP contribution in [0, 0.1) is 6.92 Å². The molecule has 5 rings (SSSR count). The fourth-order valence-corrected chi connectivity index (χ4v) is 11.1. The molecule has 0 fully saturated rings. The summed E-state index contributed by atoms with van der Waals surface area (Å²) in [7, 11) is 0. The molecule has 1 aliphatic heterocycles. The van der Waals surface area contributed by atoms with E-state index in [4.69, 9.17) is 9.47 Å². The van der Waals surface area contributed by atoms with E-state index in [-0.39, 0.29) is 11.5 Å². The Morgan fingerprint density at radius 1 is 0.551 bits per heavy atom. The first-order valence-corrected chi connectivity index (χ1v) is 22.9. The lowest BCUT2D eigenvalue weighted by molar-refractivity contribution is 0.337. The van der Waals surface area contributed by atoms with Crippen LogP contribution >= 0.6 is 99.0 Å². The van der Waals surface area contributed by atoms with Crippen molar-refractivity contribution < 1.29 is 19.7 Å². The second-order valence-electron chi connectivity index (χ2n) is 11.8. The standard InChI is InChI=1S/C38H40Br4O4S3/c1-3-24-16-32(40)20-28-14-26-18-33(41)19-27(36(26)44)15-30-22-34(42)21-29(13-25-17-31(39)12-23(2)35(25)43)38(30)46-5-7-48-9-11-49-10-8-47-6-4-45-37(24)28/h12,16-22,43-44H,3-11,13-15H2,1-2H3. The Hall–Kier alpha value is -0.950. The number of hydrogen-bond acceptors (Lipinski definition) is 7. The van der Waals surface area contributed by atoms with E-state index in [9.17, 15) is 10.2 Å². The molecule has 0 amide bonds. The van der Waals surface area contributed by atoms with Crippen molar-refractivity contribution in [2.75, 3.05) is 47.7 Å². The van der Waals surface area contributed by atoms with Crippen LogP contribution in [0.4, 0.5) is 0 Å². The van der Waals surface area contributed by atoms with Crippen molar-refractivity contribution in [2.45, 2.75) is 39.5 Å². The van der Waals surface area contributed by atoms with Gasteiger partial charge in [0.2, 0.25) is 0 Å². The van der Waals surface area contributed by atoms with Crippen LogP contribution in [0.15, 0.2) is 66.4 Å². The summed E-state index contributed by atoms with van der Waals surface area (Å²) in [4.78, 5) is 0. The van der Waals surface area contributed by atoms with Crippen molar-refractivity contribution in [3.05, 3.63) is 111 Å². The molecule has 0 radical (unpaired) electrons. The van der Waals surface area contributed by atoms with Crippen molar-refractivity contribution in [1.29, 1.82) is 0 Å². The first kappa shape index (κ1) is 39.3. The van der Waals surface area contributed by atoms with Gasteiger partial charge in [0.25, 0.3) is 0 Å². The summed E-state index contributed by atoms with van der Waals surface area (Å²) >= 11 is 20.7. The predicted octanol–water partition coefficient (Wildman–Crippen LogP) is 11.8. The quantitative estimate of drug-likeness (QED) is 0.212. The number of aryl methyl sites for hydroxylation is 2. The summed E-state index contributed by atoms with van der Waals surface area (Å²) in [6, 6.07) is 16.3. The summed E-state index contributed by atoms with van der Waals surface area (Å²) < 4.78 is 16.8. The molecule has 2 bridgehead atoms. The van der Waals surface area contributed by atoms with E-state index in [1.807, 2.05) is 66.5 Å². The number of fused-ring (bicyclic) bond motifs is 4. The van der Waals surface area contributed by atoms with Gasteiger partial charge in [0, 0.05) is 88.4 Å². The van der Waals surface area contributed by atoms with Gasteiger partial charge in [-0.25, -0.2) is 0 Å². The molecule has 0 atom stereocenters. The molecule has 1 heterocycles. The number of aromatic hydroxyl groups is 2. The van der Waals surface area contributed by atoms with Crippen LogP contribution in [-0.2, 0) is 25.7 Å². The van der Waals surface area contributed by atoms with Crippen molar-refractivity contribution >= 4 is 99.0 Å². The zero-order valence-corrected chi connectivity index (χ0v) is 36.3. The third-order valence-corrected chi connectivity index (χ3v) is 13.4. The Labute approximate surface area is 336 Å². The summed E-state index contributed by atoms with van der Waals surface area (Å²) in [6.07, 6.45) is 2.34. The van der Waals surface area contributed by atoms with Crippen molar-refractivity contribution in [1.82, 2.24) is 0 Å². The minimum atomic E-state index is 0.269. The topological polar surface area (TPSA) is 58.9 Å². The summed E-state index contributed by atoms with van der Waals surface area (Å²) in [5.41, 5.74) is 7.41. The molecule has 4 aromatic rings. The average molecular weight is 977 g/mol. The first-order valence-electron chi connectivity index (χ1n) is 16.2. The van der Waals surface area contributed by atoms with Gasteiger partial charge < -0.3 is 19.7 Å². The highest BCUT2D eigenvalue weighted by Gasteiger charge is 2.20. The van der Waals surface area contributed by atoms with Gasteiger partial charge in [0.05, 0.1) is 13.2 Å². The molecule has 0 saturated carbocycles. The zero-order chi connectivity index (χ0) is 34.9. The molecule has 2 N–H and O–H groups in total. The second kappa shape index (κ2) is 19.2. The molecule has 4 aromatic carbocycles. The number of phenols is 2. The third-order valence-electron chi connectivity index (χ3n) is 8.21. The Morgan fingerprint density at radius 3 is 1.53 bits per heavy atom. The number of hydrogen-bond donors (Lipinski definition) is 2. The Balaban J connectivity index is 1.56. The predicted molar refractivity (Wildman–Crippen MR) is 225 cm³/mol. The highest BCUT2D eigenvalue weighted by molar-refractivity contribution is 9.11. The molecule has 0 aromatic heterocycles. The molecule has 49 heavy (non-hydrogen) atoms. The van der Waals surface area contributed by atoms with Gasteiger partial charge in [-0.1, -0.05) is 70.6 Å². The van der Waals surface area contributed by atoms with Gasteiger partial charge in [0.15, 0.2) is 0 Å². The molecule has 262 valence electrons. The molecule has 0 spiro atoms. The number of rotatable bonds is 3. The molecule has 4 nitrogen and oxygen atoms in total. The average Bonchev–Trinajstić information content (AvgIpc) is 3.05. The molecule has 11 heteroatoms. The van der Waals surface area contributed by atoms with Gasteiger partial charge in [-0.3, -0.25) is 0 Å². The molecule has 0 aliphatic carbocycles. The Kier molecular flexibility index (Phi) is 15.4. The molecule has 0 saturated heterocycles. The van der Waals surface area contributed by atoms with E-state index in [1.165, 1.54) is 0 Å². The minimum absolute atomic E-state index is 0.269. The van der Waals surface area contributed by atoms with Crippen molar-refractivity contribution in [3.8, 4) is 23.0 Å². The number of thioether (sulfide) groups is 3. The van der Waals surface area contributed by atoms with Crippen LogP contribution in [0.3, 0.4) is 0 Å². The second-order valence-corrected chi connectivity index (χ2v) is 19.2. The highest BCUT2D eigenvalue weighted by atomic mass is 79.9. The number of benzene rings is 4. The maximum atomic E-state index is 11.8. The highest BCUT2D eigenvalue weighted by Crippen LogP contribution is 2.40. The van der Waals surface area contributed by atoms with E-state index in [1.54, 1.807) is 0 Å². The monoisotopic (exact) mass is 972 g/mol. The van der Waals surface area contributed by atoms with E-state index in [0.29, 0.717) is 32.5 Å². The SMILES string of the molecule is CCc1cc(Br)cc2c1OCCSCCSCCSCCOc1c(Cc3cc(Br)cc(C)c3O)cc(Br)cc1Cc1cc(Br)cc(c1O)C2. The van der Waals surface area contributed by atoms with E-state index in [2.05, 4.69) is 94.9 Å². The largest absolute Gasteiger partial charge is 0.507 e. The smallest absolute Gasteiger partial charge is 0.126 e. The van der Waals surface area contributed by atoms with Crippen LogP contribution in [0.2, 0.25) is 0 Å². The van der Waals surface area contributed by atoms with Gasteiger partial charge in [-0.2, -0.15) is 35.3 Å². The van der Waals surface area contributed by atoms with Crippen molar-refractivity contribution in [2.24, 2.45) is 0 Å². The maximum absolute atomic E-state index is 11.8. The third kappa shape index (κ3) is 11.0. The fraction of sp³-hybridized carbons (Fsp3) is 0.368. The summed E-state index contributed by atoms with van der Waals surface area (Å²) in [5.74, 6) is 8.52. The van der Waals surface area contributed by atoms with Crippen LogP contribution in [0.1, 0.15) is 51.4 Å². The molecule has 1 aliphatic rings. The van der Waals surface area contributed by atoms with Gasteiger partial charge >= 0.3 is 0 Å². The van der Waals surface area contributed by atoms with Crippen molar-refractivity contribution in [3.63, 3.8) is 0 Å². The summed E-state index contributed by atoms with van der Waals surface area (Å²) in [5, 5.41) is 22.8. The van der Waals surface area contributed by atoms with Gasteiger partial charge in [-0.05, 0) is 89.7 Å². The molecular formula is C38H40Br4O4S3.